The van der Waals surface area contributed by atoms with Crippen molar-refractivity contribution in [3.63, 3.8) is 0 Å². The number of benzene rings is 1. The molecule has 0 N–H and O–H groups in total. The van der Waals surface area contributed by atoms with Crippen molar-refractivity contribution in [1.29, 1.82) is 0 Å². The van der Waals surface area contributed by atoms with Gasteiger partial charge in [-0.05, 0) is 151 Å². The zero-order valence-electron chi connectivity index (χ0n) is 18.5. The van der Waals surface area contributed by atoms with E-state index < -0.39 is 0 Å². The number of pyridine rings is 1. The summed E-state index contributed by atoms with van der Waals surface area (Å²) in [5.74, 6) is 7.41. The molecule has 1 spiro atoms. The molecule has 1 nitrogen and oxygen atoms in total. The van der Waals surface area contributed by atoms with Gasteiger partial charge in [0.15, 0.2) is 0 Å². The van der Waals surface area contributed by atoms with Crippen LogP contribution in [0.4, 0.5) is 0 Å². The van der Waals surface area contributed by atoms with Gasteiger partial charge < -0.3 is 0 Å². The first-order valence-electron chi connectivity index (χ1n) is 13.4. The molecule has 0 radical (unpaired) electrons. The van der Waals surface area contributed by atoms with Gasteiger partial charge in [-0.1, -0.05) is 12.1 Å². The summed E-state index contributed by atoms with van der Waals surface area (Å²) in [7, 11) is 0. The van der Waals surface area contributed by atoms with Crippen molar-refractivity contribution in [3.8, 4) is 11.3 Å². The summed E-state index contributed by atoms with van der Waals surface area (Å²) in [6.07, 6.45) is 17.1. The maximum absolute atomic E-state index is 5.12. The molecule has 0 aliphatic heterocycles. The molecule has 5 saturated carbocycles. The Balaban J connectivity index is 1.15. The molecule has 8 aliphatic carbocycles. The van der Waals surface area contributed by atoms with Gasteiger partial charge in [0, 0.05) is 11.8 Å². The average molecular weight is 408 g/mol. The van der Waals surface area contributed by atoms with Gasteiger partial charge in [-0.2, -0.15) is 0 Å². The highest BCUT2D eigenvalue weighted by Crippen LogP contribution is 2.76. The normalized spacial score (nSPS) is 46.8. The molecule has 5 fully saturated rings. The summed E-state index contributed by atoms with van der Waals surface area (Å²) in [6.45, 7) is 0. The fourth-order valence-corrected chi connectivity index (χ4v) is 10.8. The van der Waals surface area contributed by atoms with Crippen LogP contribution in [0.5, 0.6) is 0 Å². The van der Waals surface area contributed by atoms with Crippen LogP contribution in [0.1, 0.15) is 110 Å². The fourth-order valence-electron chi connectivity index (χ4n) is 10.8. The molecule has 1 aromatic heterocycles. The minimum atomic E-state index is 0.747. The minimum absolute atomic E-state index is 0.747. The zero-order chi connectivity index (χ0) is 19.9. The van der Waals surface area contributed by atoms with Crippen LogP contribution in [0.3, 0.4) is 0 Å². The third-order valence-electron chi connectivity index (χ3n) is 11.8. The monoisotopic (exact) mass is 407 g/mol. The predicted molar refractivity (Wildman–Crippen MR) is 123 cm³/mol. The fraction of sp³-hybridized carbons (Fsp3) is 0.633. The van der Waals surface area contributed by atoms with E-state index in [4.69, 9.17) is 4.98 Å². The molecule has 0 saturated heterocycles. The number of hydrogen-bond donors (Lipinski definition) is 0. The second-order valence-corrected chi connectivity index (χ2v) is 13.0. The summed E-state index contributed by atoms with van der Waals surface area (Å²) < 4.78 is 0. The van der Waals surface area contributed by atoms with Gasteiger partial charge in [0.2, 0.25) is 0 Å². The van der Waals surface area contributed by atoms with Crippen LogP contribution in [0, 0.1) is 29.1 Å². The molecule has 31 heavy (non-hydrogen) atoms. The molecule has 158 valence electrons. The van der Waals surface area contributed by atoms with Crippen molar-refractivity contribution in [2.24, 2.45) is 29.1 Å². The van der Waals surface area contributed by atoms with Gasteiger partial charge in [-0.3, -0.25) is 4.98 Å². The van der Waals surface area contributed by atoms with Crippen LogP contribution < -0.4 is 0 Å². The standard InChI is InChI=1S/C30H33N/c1-2-25-19-4-16-3-17(5-19)7-20(6-16)26(25)10-18(1)29-12-27-21-8-23-11-24-9-22(28(27)15-31-29)14-30(23,24)13-21/h1-2,10,12,15-17,19-24H,3-9,11,13-14H2. The van der Waals surface area contributed by atoms with Crippen molar-refractivity contribution in [3.05, 3.63) is 52.7 Å². The van der Waals surface area contributed by atoms with Crippen molar-refractivity contribution in [1.82, 2.24) is 4.98 Å². The first kappa shape index (κ1) is 16.9. The summed E-state index contributed by atoms with van der Waals surface area (Å²) in [5.41, 5.74) is 10.2. The molecule has 10 rings (SSSR count). The van der Waals surface area contributed by atoms with Crippen molar-refractivity contribution in [2.45, 2.75) is 87.9 Å². The highest BCUT2D eigenvalue weighted by molar-refractivity contribution is 5.64. The smallest absolute Gasteiger partial charge is 0.0705 e. The summed E-state index contributed by atoms with van der Waals surface area (Å²) >= 11 is 0. The molecular weight excluding hydrogens is 374 g/mol. The van der Waals surface area contributed by atoms with Crippen molar-refractivity contribution in [2.75, 3.05) is 0 Å². The Morgan fingerprint density at radius 3 is 2.06 bits per heavy atom. The Bertz CT molecular complexity index is 1120. The van der Waals surface area contributed by atoms with E-state index in [9.17, 15) is 0 Å². The van der Waals surface area contributed by atoms with E-state index in [1.165, 1.54) is 75.5 Å². The second kappa shape index (κ2) is 5.46. The molecule has 0 amide bonds. The topological polar surface area (TPSA) is 12.9 Å². The number of rotatable bonds is 1. The lowest BCUT2D eigenvalue weighted by Gasteiger charge is -2.48. The second-order valence-electron chi connectivity index (χ2n) is 13.0. The Labute approximate surface area is 186 Å². The van der Waals surface area contributed by atoms with Crippen molar-refractivity contribution >= 4 is 0 Å². The summed E-state index contributed by atoms with van der Waals surface area (Å²) in [4.78, 5) is 5.12. The maximum atomic E-state index is 5.12. The van der Waals surface area contributed by atoms with Crippen LogP contribution in [-0.4, -0.2) is 4.98 Å². The van der Waals surface area contributed by atoms with Gasteiger partial charge in [-0.25, -0.2) is 0 Å². The number of nitrogens with zero attached hydrogens (tertiary/aromatic N) is 1. The first-order valence-corrected chi connectivity index (χ1v) is 13.4. The summed E-state index contributed by atoms with van der Waals surface area (Å²) in [5, 5.41) is 0. The maximum Gasteiger partial charge on any atom is 0.0705 e. The minimum Gasteiger partial charge on any atom is -0.256 e. The highest BCUT2D eigenvalue weighted by Gasteiger charge is 2.65. The Morgan fingerprint density at radius 2 is 1.29 bits per heavy atom. The highest BCUT2D eigenvalue weighted by atomic mass is 14.7. The molecular formula is C30H33N. The Kier molecular flexibility index (Phi) is 2.98. The predicted octanol–water partition coefficient (Wildman–Crippen LogP) is 7.53. The summed E-state index contributed by atoms with van der Waals surface area (Å²) in [6, 6.07) is 10.1. The van der Waals surface area contributed by atoms with Crippen LogP contribution in [-0.2, 0) is 0 Å². The van der Waals surface area contributed by atoms with E-state index in [-0.39, 0.29) is 0 Å². The van der Waals surface area contributed by atoms with Crippen LogP contribution in [0.25, 0.3) is 11.3 Å². The van der Waals surface area contributed by atoms with Gasteiger partial charge in [0.05, 0.1) is 5.69 Å². The number of hydrogen-bond acceptors (Lipinski definition) is 1. The van der Waals surface area contributed by atoms with Gasteiger partial charge in [-0.15, -0.1) is 0 Å². The van der Waals surface area contributed by atoms with E-state index >= 15 is 0 Å². The molecule has 7 unspecified atom stereocenters. The lowest BCUT2D eigenvalue weighted by molar-refractivity contribution is 0.00322. The van der Waals surface area contributed by atoms with Crippen LogP contribution >= 0.6 is 0 Å². The van der Waals surface area contributed by atoms with Crippen LogP contribution in [0.15, 0.2) is 30.5 Å². The SMILES string of the molecule is c1cc2c(cc1-c1cc3c(cn1)C1CC4CC5CC3CC45C1)C1CC3CC(CC2C3)C1. The zero-order valence-corrected chi connectivity index (χ0v) is 18.5. The average Bonchev–Trinajstić information content (AvgIpc) is 3.13. The number of fused-ring (bicyclic) bond motifs is 5. The molecule has 1 heteroatoms. The van der Waals surface area contributed by atoms with Crippen molar-refractivity contribution < 1.29 is 0 Å². The Morgan fingerprint density at radius 1 is 0.613 bits per heavy atom. The third kappa shape index (κ3) is 2.04. The van der Waals surface area contributed by atoms with E-state index in [0.717, 1.165) is 52.8 Å². The van der Waals surface area contributed by atoms with E-state index in [2.05, 4.69) is 30.5 Å². The lowest BCUT2D eigenvalue weighted by Crippen LogP contribution is -2.41. The van der Waals surface area contributed by atoms with Gasteiger partial charge in [0.1, 0.15) is 0 Å². The third-order valence-corrected chi connectivity index (χ3v) is 11.8. The molecule has 7 atom stereocenters. The molecule has 7 bridgehead atoms. The van der Waals surface area contributed by atoms with Gasteiger partial charge in [0.25, 0.3) is 0 Å². The molecule has 8 aliphatic rings. The lowest BCUT2D eigenvalue weighted by atomic mass is 9.56. The molecule has 1 aromatic carbocycles. The molecule has 2 aromatic rings. The quantitative estimate of drug-likeness (QED) is 0.476. The Hall–Kier alpha value is -1.63. The first-order chi connectivity index (χ1) is 15.2. The largest absolute Gasteiger partial charge is 0.256 e. The molecule has 1 heterocycles. The van der Waals surface area contributed by atoms with Crippen LogP contribution in [0.2, 0.25) is 0 Å². The van der Waals surface area contributed by atoms with Gasteiger partial charge >= 0.3 is 0 Å². The van der Waals surface area contributed by atoms with E-state index in [1.54, 1.807) is 22.3 Å². The number of aromatic nitrogens is 1. The van der Waals surface area contributed by atoms with E-state index in [1.807, 2.05) is 0 Å². The van der Waals surface area contributed by atoms with E-state index in [0.29, 0.717) is 0 Å².